The molecule has 8 nitrogen and oxygen atoms in total. The van der Waals surface area contributed by atoms with Crippen LogP contribution in [0.1, 0.15) is 25.7 Å². The molecule has 2 aromatic heterocycles. The minimum absolute atomic E-state index is 0.0724. The van der Waals surface area contributed by atoms with Crippen LogP contribution in [-0.2, 0) is 4.79 Å². The summed E-state index contributed by atoms with van der Waals surface area (Å²) in [5, 5.41) is 3.04. The highest BCUT2D eigenvalue weighted by molar-refractivity contribution is 5.93. The fourth-order valence-electron chi connectivity index (χ4n) is 5.58. The topological polar surface area (TPSA) is 80.4 Å². The number of piperazine rings is 1. The lowest BCUT2D eigenvalue weighted by atomic mass is 10.1. The largest absolute Gasteiger partial charge is 0.369 e. The summed E-state index contributed by atoms with van der Waals surface area (Å²) in [6.45, 7) is 7.64. The molecular weight excluding hydrogens is 486 g/mol. The first-order valence-corrected chi connectivity index (χ1v) is 14.1. The highest BCUT2D eigenvalue weighted by Gasteiger charge is 2.16. The molecule has 0 radical (unpaired) electrons. The number of carbonyl (C=O) groups is 1. The van der Waals surface area contributed by atoms with Gasteiger partial charge >= 0.3 is 0 Å². The lowest BCUT2D eigenvalue weighted by Gasteiger charge is -2.34. The zero-order chi connectivity index (χ0) is 26.6. The van der Waals surface area contributed by atoms with Crippen molar-refractivity contribution in [1.29, 1.82) is 0 Å². The lowest BCUT2D eigenvalue weighted by molar-refractivity contribution is -0.116. The summed E-state index contributed by atoms with van der Waals surface area (Å²) in [6, 6.07) is 16.6. The number of likely N-dealkylation sites (tertiary alicyclic amines) is 1. The van der Waals surface area contributed by atoms with Crippen LogP contribution in [0.3, 0.4) is 0 Å². The van der Waals surface area contributed by atoms with Crippen molar-refractivity contribution in [3.63, 3.8) is 0 Å². The van der Waals surface area contributed by atoms with Crippen LogP contribution in [-0.4, -0.2) is 83.5 Å². The van der Waals surface area contributed by atoms with Crippen molar-refractivity contribution in [2.24, 2.45) is 0 Å². The fourth-order valence-corrected chi connectivity index (χ4v) is 5.58. The zero-order valence-corrected chi connectivity index (χ0v) is 22.7. The molecule has 0 saturated carbocycles. The number of aromatic amines is 1. The maximum absolute atomic E-state index is 12.4. The van der Waals surface area contributed by atoms with E-state index < -0.39 is 0 Å². The second-order valence-electron chi connectivity index (χ2n) is 10.8. The molecule has 202 valence electrons. The van der Waals surface area contributed by atoms with Gasteiger partial charge in [0.2, 0.25) is 5.91 Å². The average molecular weight is 524 g/mol. The maximum Gasteiger partial charge on any atom is 0.224 e. The number of anilines is 2. The summed E-state index contributed by atoms with van der Waals surface area (Å²) in [5.41, 5.74) is 7.61. The van der Waals surface area contributed by atoms with Crippen LogP contribution in [0, 0.1) is 0 Å². The van der Waals surface area contributed by atoms with Gasteiger partial charge in [-0.3, -0.25) is 4.79 Å². The molecule has 0 atom stereocenters. The minimum Gasteiger partial charge on any atom is -0.369 e. The summed E-state index contributed by atoms with van der Waals surface area (Å²) >= 11 is 0. The summed E-state index contributed by atoms with van der Waals surface area (Å²) < 4.78 is 0. The Kier molecular flexibility index (Phi) is 7.56. The standard InChI is InChI=1S/C31H37N7O/c1-36-17-19-38(20-18-36)26-12-8-24(9-13-26)28-22-33-31-30(35-28)27(21-32-31)23-6-10-25(11-7-23)34-29(39)5-4-16-37-14-2-3-15-37/h6-13,21-22H,2-5,14-20H2,1H3,(H,32,33)(H,34,39). The number of nitrogens with one attached hydrogen (secondary N) is 2. The van der Waals surface area contributed by atoms with Gasteiger partial charge in [-0.05, 0) is 75.8 Å². The summed E-state index contributed by atoms with van der Waals surface area (Å²) in [4.78, 5) is 32.5. The number of nitrogens with zero attached hydrogens (tertiary/aromatic N) is 5. The molecule has 39 heavy (non-hydrogen) atoms. The zero-order valence-electron chi connectivity index (χ0n) is 22.7. The number of benzene rings is 2. The normalized spacial score (nSPS) is 16.7. The summed E-state index contributed by atoms with van der Waals surface area (Å²) in [5.74, 6) is 0.0724. The predicted octanol–water partition coefficient (Wildman–Crippen LogP) is 4.86. The molecular formula is C31H37N7O. The smallest absolute Gasteiger partial charge is 0.224 e. The quantitative estimate of drug-likeness (QED) is 0.343. The molecule has 1 amide bonds. The second-order valence-corrected chi connectivity index (χ2v) is 10.8. The Morgan fingerprint density at radius 1 is 0.923 bits per heavy atom. The monoisotopic (exact) mass is 523 g/mol. The van der Waals surface area contributed by atoms with Crippen molar-refractivity contribution >= 4 is 28.4 Å². The number of hydrogen-bond donors (Lipinski definition) is 2. The number of amides is 1. The first-order chi connectivity index (χ1) is 19.1. The van der Waals surface area contributed by atoms with Gasteiger partial charge in [-0.2, -0.15) is 0 Å². The third-order valence-electron chi connectivity index (χ3n) is 7.97. The SMILES string of the molecule is CN1CCN(c2ccc(-c3cnc4[nH]cc(-c5ccc(NC(=O)CCCN6CCCC6)cc5)c4n3)cc2)CC1. The third-order valence-corrected chi connectivity index (χ3v) is 7.97. The van der Waals surface area contributed by atoms with Gasteiger partial charge in [-0.1, -0.05) is 24.3 Å². The molecule has 0 aliphatic carbocycles. The van der Waals surface area contributed by atoms with Crippen molar-refractivity contribution < 1.29 is 4.79 Å². The van der Waals surface area contributed by atoms with Gasteiger partial charge in [-0.15, -0.1) is 0 Å². The van der Waals surface area contributed by atoms with E-state index in [0.29, 0.717) is 6.42 Å². The van der Waals surface area contributed by atoms with Crippen molar-refractivity contribution in [2.75, 3.05) is 63.1 Å². The van der Waals surface area contributed by atoms with Crippen molar-refractivity contribution in [2.45, 2.75) is 25.7 Å². The van der Waals surface area contributed by atoms with Gasteiger partial charge in [0.05, 0.1) is 11.9 Å². The molecule has 4 aromatic rings. The van der Waals surface area contributed by atoms with Crippen LogP contribution in [0.15, 0.2) is 60.9 Å². The molecule has 2 aliphatic heterocycles. The van der Waals surface area contributed by atoms with E-state index in [9.17, 15) is 4.79 Å². The molecule has 0 unspecified atom stereocenters. The molecule has 2 fully saturated rings. The van der Waals surface area contributed by atoms with E-state index in [-0.39, 0.29) is 5.91 Å². The average Bonchev–Trinajstić information content (AvgIpc) is 3.64. The Morgan fingerprint density at radius 3 is 2.38 bits per heavy atom. The Morgan fingerprint density at radius 2 is 1.64 bits per heavy atom. The molecule has 2 saturated heterocycles. The first-order valence-electron chi connectivity index (χ1n) is 14.1. The molecule has 0 bridgehead atoms. The third kappa shape index (κ3) is 5.97. The van der Waals surface area contributed by atoms with Gasteiger partial charge in [0, 0.05) is 61.3 Å². The Hall–Kier alpha value is -3.75. The molecule has 2 N–H and O–H groups in total. The molecule has 0 spiro atoms. The van der Waals surface area contributed by atoms with Crippen LogP contribution >= 0.6 is 0 Å². The summed E-state index contributed by atoms with van der Waals surface area (Å²) in [7, 11) is 2.18. The van der Waals surface area contributed by atoms with Crippen LogP contribution in [0.2, 0.25) is 0 Å². The van der Waals surface area contributed by atoms with Gasteiger partial charge in [0.1, 0.15) is 5.52 Å². The molecule has 4 heterocycles. The van der Waals surface area contributed by atoms with Gasteiger partial charge in [0.15, 0.2) is 5.65 Å². The van der Waals surface area contributed by atoms with Crippen LogP contribution in [0.5, 0.6) is 0 Å². The van der Waals surface area contributed by atoms with E-state index in [1.807, 2.05) is 36.7 Å². The maximum atomic E-state index is 12.4. The Balaban J connectivity index is 1.12. The van der Waals surface area contributed by atoms with Crippen LogP contribution in [0.4, 0.5) is 11.4 Å². The van der Waals surface area contributed by atoms with E-state index in [0.717, 1.165) is 78.4 Å². The first kappa shape index (κ1) is 25.5. The van der Waals surface area contributed by atoms with Gasteiger partial charge in [0.25, 0.3) is 0 Å². The minimum atomic E-state index is 0.0724. The Labute approximate surface area is 230 Å². The highest BCUT2D eigenvalue weighted by atomic mass is 16.1. The van der Waals surface area contributed by atoms with Crippen molar-refractivity contribution in [3.05, 3.63) is 60.9 Å². The molecule has 2 aliphatic rings. The van der Waals surface area contributed by atoms with E-state index >= 15 is 0 Å². The van der Waals surface area contributed by atoms with E-state index in [2.05, 4.69) is 61.3 Å². The highest BCUT2D eigenvalue weighted by Crippen LogP contribution is 2.30. The van der Waals surface area contributed by atoms with E-state index in [4.69, 9.17) is 4.98 Å². The van der Waals surface area contributed by atoms with Gasteiger partial charge < -0.3 is 25.0 Å². The number of hydrogen-bond acceptors (Lipinski definition) is 6. The molecule has 8 heteroatoms. The Bertz CT molecular complexity index is 1400. The van der Waals surface area contributed by atoms with Crippen LogP contribution in [0.25, 0.3) is 33.5 Å². The van der Waals surface area contributed by atoms with Gasteiger partial charge in [-0.25, -0.2) is 9.97 Å². The fraction of sp³-hybridized carbons (Fsp3) is 0.387. The van der Waals surface area contributed by atoms with Crippen LogP contribution < -0.4 is 10.2 Å². The predicted molar refractivity (Wildman–Crippen MR) is 158 cm³/mol. The van der Waals surface area contributed by atoms with Crippen molar-refractivity contribution in [1.82, 2.24) is 24.8 Å². The number of aromatic nitrogens is 3. The number of fused-ring (bicyclic) bond motifs is 1. The molecule has 6 rings (SSSR count). The number of rotatable bonds is 8. The van der Waals surface area contributed by atoms with E-state index in [1.54, 1.807) is 0 Å². The van der Waals surface area contributed by atoms with Crippen molar-refractivity contribution in [3.8, 4) is 22.4 Å². The number of carbonyl (C=O) groups excluding carboxylic acids is 1. The second kappa shape index (κ2) is 11.6. The lowest BCUT2D eigenvalue weighted by Crippen LogP contribution is -2.44. The molecule has 2 aromatic carbocycles. The number of H-pyrrole nitrogens is 1. The van der Waals surface area contributed by atoms with E-state index in [1.165, 1.54) is 31.6 Å². The summed E-state index contributed by atoms with van der Waals surface area (Å²) in [6.07, 6.45) is 7.80. The number of likely N-dealkylation sites (N-methyl/N-ethyl adjacent to an activating group) is 1.